The van der Waals surface area contributed by atoms with Crippen LogP contribution in [0.2, 0.25) is 0 Å². The van der Waals surface area contributed by atoms with Gasteiger partial charge in [0.1, 0.15) is 6.54 Å². The van der Waals surface area contributed by atoms with E-state index in [-0.39, 0.29) is 12.4 Å². The van der Waals surface area contributed by atoms with Crippen LogP contribution in [0.3, 0.4) is 0 Å². The van der Waals surface area contributed by atoms with Crippen LogP contribution in [-0.4, -0.2) is 19.9 Å². The zero-order valence-corrected chi connectivity index (χ0v) is 11.4. The molecule has 0 bridgehead atoms. The molecule has 0 saturated heterocycles. The van der Waals surface area contributed by atoms with Crippen molar-refractivity contribution >= 4 is 0 Å². The number of halogens is 3. The molecule has 2 aromatic heterocycles. The molecular weight excluding hydrogens is 289 g/mol. The van der Waals surface area contributed by atoms with E-state index in [1.165, 1.54) is 0 Å². The van der Waals surface area contributed by atoms with Gasteiger partial charge in [0.25, 0.3) is 5.56 Å². The minimum absolute atomic E-state index is 0.125. The molecule has 0 aliphatic carbocycles. The average Bonchev–Trinajstić information content (AvgIpc) is 2.77. The molecule has 0 aliphatic heterocycles. The van der Waals surface area contributed by atoms with Crippen molar-refractivity contribution in [1.29, 1.82) is 0 Å². The predicted octanol–water partition coefficient (Wildman–Crippen LogP) is 1.89. The summed E-state index contributed by atoms with van der Waals surface area (Å²) in [7, 11) is 0. The number of hydrogen-bond acceptors (Lipinski definition) is 5. The summed E-state index contributed by atoms with van der Waals surface area (Å²) in [5, 5.41) is 7.20. The topological polar surface area (TPSA) is 73.8 Å². The Balaban J connectivity index is 2.17. The molecule has 2 rings (SSSR count). The molecule has 2 heterocycles. The molecule has 0 N–H and O–H groups in total. The fourth-order valence-corrected chi connectivity index (χ4v) is 1.64. The summed E-state index contributed by atoms with van der Waals surface area (Å²) < 4.78 is 43.0. The molecule has 9 heteroatoms. The number of rotatable bonds is 4. The Morgan fingerprint density at radius 2 is 2.10 bits per heavy atom. The monoisotopic (exact) mass is 302 g/mol. The van der Waals surface area contributed by atoms with Crippen molar-refractivity contribution < 1.29 is 17.7 Å². The van der Waals surface area contributed by atoms with Crippen molar-refractivity contribution in [3.8, 4) is 0 Å². The SMILES string of the molecule is CC(C)Cc1noc(Cn2ncc(C(F)(F)F)cc2=O)n1. The van der Waals surface area contributed by atoms with Crippen LogP contribution in [0, 0.1) is 5.92 Å². The van der Waals surface area contributed by atoms with Crippen LogP contribution in [0.4, 0.5) is 13.2 Å². The maximum atomic E-state index is 12.4. The molecule has 0 spiro atoms. The van der Waals surface area contributed by atoms with Crippen LogP contribution in [0.25, 0.3) is 0 Å². The molecule has 0 saturated carbocycles. The van der Waals surface area contributed by atoms with E-state index in [2.05, 4.69) is 15.2 Å². The second-order valence-electron chi connectivity index (χ2n) is 4.94. The first kappa shape index (κ1) is 15.2. The first-order chi connectivity index (χ1) is 9.75. The minimum atomic E-state index is -4.60. The highest BCUT2D eigenvalue weighted by molar-refractivity contribution is 5.10. The summed E-state index contributed by atoms with van der Waals surface area (Å²) in [5.74, 6) is 0.947. The molecule has 6 nitrogen and oxygen atoms in total. The first-order valence-electron chi connectivity index (χ1n) is 6.21. The lowest BCUT2D eigenvalue weighted by molar-refractivity contribution is -0.138. The van der Waals surface area contributed by atoms with E-state index in [1.807, 2.05) is 13.8 Å². The molecule has 0 aliphatic rings. The van der Waals surface area contributed by atoms with Gasteiger partial charge in [0.05, 0.1) is 11.8 Å². The van der Waals surface area contributed by atoms with Crippen LogP contribution < -0.4 is 5.56 Å². The van der Waals surface area contributed by atoms with E-state index in [1.54, 1.807) is 0 Å². The van der Waals surface area contributed by atoms with E-state index < -0.39 is 17.3 Å². The van der Waals surface area contributed by atoms with Crippen molar-refractivity contribution in [2.75, 3.05) is 0 Å². The van der Waals surface area contributed by atoms with Gasteiger partial charge in [-0.05, 0) is 5.92 Å². The quantitative estimate of drug-likeness (QED) is 0.862. The normalized spacial score (nSPS) is 12.1. The van der Waals surface area contributed by atoms with Crippen molar-refractivity contribution in [1.82, 2.24) is 19.9 Å². The third-order valence-corrected chi connectivity index (χ3v) is 2.58. The molecule has 0 atom stereocenters. The third-order valence-electron chi connectivity index (χ3n) is 2.58. The number of alkyl halides is 3. The Kier molecular flexibility index (Phi) is 4.10. The lowest BCUT2D eigenvalue weighted by atomic mass is 10.1. The van der Waals surface area contributed by atoms with Crippen molar-refractivity contribution in [3.05, 3.63) is 39.9 Å². The zero-order chi connectivity index (χ0) is 15.6. The smallest absolute Gasteiger partial charge is 0.337 e. The molecule has 0 radical (unpaired) electrons. The van der Waals surface area contributed by atoms with Gasteiger partial charge < -0.3 is 4.52 Å². The fraction of sp³-hybridized carbons (Fsp3) is 0.500. The van der Waals surface area contributed by atoms with Gasteiger partial charge in [0, 0.05) is 12.5 Å². The van der Waals surface area contributed by atoms with E-state index >= 15 is 0 Å². The van der Waals surface area contributed by atoms with Crippen LogP contribution in [0.1, 0.15) is 31.1 Å². The van der Waals surface area contributed by atoms with Crippen LogP contribution in [0.15, 0.2) is 21.6 Å². The Morgan fingerprint density at radius 1 is 1.38 bits per heavy atom. The molecule has 2 aromatic rings. The Morgan fingerprint density at radius 3 is 2.67 bits per heavy atom. The average molecular weight is 302 g/mol. The number of nitrogens with zero attached hydrogens (tertiary/aromatic N) is 4. The van der Waals surface area contributed by atoms with Crippen LogP contribution in [0.5, 0.6) is 0 Å². The zero-order valence-electron chi connectivity index (χ0n) is 11.4. The highest BCUT2D eigenvalue weighted by atomic mass is 19.4. The van der Waals surface area contributed by atoms with E-state index in [9.17, 15) is 18.0 Å². The highest BCUT2D eigenvalue weighted by Crippen LogP contribution is 2.27. The van der Waals surface area contributed by atoms with Crippen LogP contribution in [-0.2, 0) is 19.1 Å². The molecule has 21 heavy (non-hydrogen) atoms. The molecular formula is C12H13F3N4O2. The van der Waals surface area contributed by atoms with Gasteiger partial charge >= 0.3 is 6.18 Å². The summed E-state index contributed by atoms with van der Waals surface area (Å²) in [5.41, 5.74) is -1.97. The maximum Gasteiger partial charge on any atom is 0.418 e. The fourth-order valence-electron chi connectivity index (χ4n) is 1.64. The van der Waals surface area contributed by atoms with Gasteiger partial charge in [-0.1, -0.05) is 19.0 Å². The molecule has 0 amide bonds. The third kappa shape index (κ3) is 3.89. The van der Waals surface area contributed by atoms with Crippen LogP contribution >= 0.6 is 0 Å². The predicted molar refractivity (Wildman–Crippen MR) is 65.4 cm³/mol. The maximum absolute atomic E-state index is 12.4. The Bertz CT molecular complexity index is 676. The van der Waals surface area contributed by atoms with Gasteiger partial charge in [-0.25, -0.2) is 4.68 Å². The summed E-state index contributed by atoms with van der Waals surface area (Å²) >= 11 is 0. The summed E-state index contributed by atoms with van der Waals surface area (Å²) in [6, 6.07) is 0.485. The van der Waals surface area contributed by atoms with E-state index in [0.29, 0.717) is 30.4 Å². The van der Waals surface area contributed by atoms with Gasteiger partial charge in [-0.3, -0.25) is 4.79 Å². The molecule has 0 fully saturated rings. The van der Waals surface area contributed by atoms with Crippen molar-refractivity contribution in [3.63, 3.8) is 0 Å². The largest absolute Gasteiger partial charge is 0.418 e. The van der Waals surface area contributed by atoms with Crippen molar-refractivity contribution in [2.24, 2.45) is 5.92 Å². The van der Waals surface area contributed by atoms with Gasteiger partial charge in [0.15, 0.2) is 5.82 Å². The first-order valence-corrected chi connectivity index (χ1v) is 6.21. The lowest BCUT2D eigenvalue weighted by Crippen LogP contribution is -2.25. The number of hydrogen-bond donors (Lipinski definition) is 0. The second-order valence-corrected chi connectivity index (χ2v) is 4.94. The Hall–Kier alpha value is -2.19. The highest BCUT2D eigenvalue weighted by Gasteiger charge is 2.31. The summed E-state index contributed by atoms with van der Waals surface area (Å²) in [6.07, 6.45) is -3.40. The molecule has 114 valence electrons. The van der Waals surface area contributed by atoms with Crippen molar-refractivity contribution in [2.45, 2.75) is 33.0 Å². The molecule has 0 unspecified atom stereocenters. The van der Waals surface area contributed by atoms with Gasteiger partial charge in [-0.2, -0.15) is 23.3 Å². The van der Waals surface area contributed by atoms with Gasteiger partial charge in [-0.15, -0.1) is 0 Å². The molecule has 0 aromatic carbocycles. The lowest BCUT2D eigenvalue weighted by Gasteiger charge is -2.06. The van der Waals surface area contributed by atoms with Gasteiger partial charge in [0.2, 0.25) is 5.89 Å². The summed E-state index contributed by atoms with van der Waals surface area (Å²) in [6.45, 7) is 3.80. The number of aromatic nitrogens is 4. The van der Waals surface area contributed by atoms with E-state index in [0.717, 1.165) is 4.68 Å². The summed E-state index contributed by atoms with van der Waals surface area (Å²) in [4.78, 5) is 15.6. The minimum Gasteiger partial charge on any atom is -0.337 e. The second kappa shape index (κ2) is 5.66. The standard InChI is InChI=1S/C12H13F3N4O2/c1-7(2)3-9-17-10(21-18-9)6-19-11(20)4-8(5-16-19)12(13,14)15/h4-5,7H,3,6H2,1-2H3. The Labute approximate surface area is 117 Å². The van der Waals surface area contributed by atoms with E-state index in [4.69, 9.17) is 4.52 Å².